The number of rotatable bonds is 16. The Labute approximate surface area is 320 Å². The first kappa shape index (κ1) is 38.7. The average Bonchev–Trinajstić information content (AvgIpc) is 3.99. The van der Waals surface area contributed by atoms with Crippen molar-refractivity contribution >= 4 is 22.0 Å². The van der Waals surface area contributed by atoms with Crippen LogP contribution in [0.3, 0.4) is 0 Å². The number of nitrogens with one attached hydrogen (secondary N) is 1. The van der Waals surface area contributed by atoms with Crippen LogP contribution in [0.25, 0.3) is 0 Å². The van der Waals surface area contributed by atoms with Gasteiger partial charge in [0.1, 0.15) is 6.09 Å². The number of hydrogen-bond donors (Lipinski definition) is 2. The molecule has 4 aliphatic heterocycles. The third-order valence-electron chi connectivity index (χ3n) is 10.6. The van der Waals surface area contributed by atoms with E-state index in [1.807, 2.05) is 44.2 Å². The highest BCUT2D eigenvalue weighted by atomic mass is 32.2. The highest BCUT2D eigenvalue weighted by Crippen LogP contribution is 2.38. The number of fused-ring (bicyclic) bond motifs is 3. The lowest BCUT2D eigenvalue weighted by atomic mass is 9.87. The lowest BCUT2D eigenvalue weighted by molar-refractivity contribution is -0.273. The summed E-state index contributed by atoms with van der Waals surface area (Å²) in [5.41, 5.74) is 0.516. The molecule has 2 saturated heterocycles. The van der Waals surface area contributed by atoms with Crippen molar-refractivity contribution in [3.05, 3.63) is 77.9 Å². The maximum Gasteiger partial charge on any atom is 0.251 e. The van der Waals surface area contributed by atoms with Gasteiger partial charge in [0.05, 0.1) is 36.3 Å². The van der Waals surface area contributed by atoms with Gasteiger partial charge in [-0.3, -0.25) is 4.79 Å². The van der Waals surface area contributed by atoms with Gasteiger partial charge in [0.15, 0.2) is 29.3 Å². The van der Waals surface area contributed by atoms with Crippen LogP contribution in [0.2, 0.25) is 0 Å². The minimum atomic E-state index is -4.30. The van der Waals surface area contributed by atoms with Crippen LogP contribution in [0, 0.1) is 11.3 Å². The molecule has 15 nitrogen and oxygen atoms in total. The molecule has 7 rings (SSSR count). The number of aliphatic hydroxyl groups excluding tert-OH is 1. The van der Waals surface area contributed by atoms with Crippen molar-refractivity contribution in [2.45, 2.75) is 68.9 Å². The number of ether oxygens (including phenoxy) is 6. The van der Waals surface area contributed by atoms with Crippen LogP contribution >= 0.6 is 0 Å². The second kappa shape index (κ2) is 16.2. The minimum absolute atomic E-state index is 0.0363. The standard InChI is InChI=1S/C39H47N3O12S/c1-39(2,14-6-15-40-36(44)26-9-11-32-34(18-26)53-23-51-32)22-41(55(47,48)27-10-12-33-35(19-27)54-24-52-33)20-31(43)29(17-25-7-4-3-5-8-25)42(38(45)46)30-21-50-37-28(30)13-16-49-37/h3-5,7-12,18-19,28-31,37,43H,6,13-17,20-24H2,1-2H3,(H,40,44)(H,45,46)/p-1/t28-,29-,30-,31+,37+/m0/s1. The SMILES string of the molecule is CC(C)(CCCNC(=O)c1ccc2c(c1)OCO2)CN(C[C@@H](O)[C@H](Cc1ccccc1)N(C(=O)[O-])[C@H]1CO[C@H]2OCC[C@H]21)S(=O)(=O)c1ccc2c(c1)OCO2. The first-order valence-corrected chi connectivity index (χ1v) is 19.9. The maximum absolute atomic E-state index is 14.6. The number of hydrogen-bond acceptors (Lipinski definition) is 12. The maximum atomic E-state index is 14.6. The van der Waals surface area contributed by atoms with Gasteiger partial charge in [-0.05, 0) is 67.0 Å². The van der Waals surface area contributed by atoms with Gasteiger partial charge in [-0.25, -0.2) is 8.42 Å². The molecule has 3 aromatic carbocycles. The molecule has 16 heteroatoms. The number of nitrogens with zero attached hydrogens (tertiary/aromatic N) is 2. The van der Waals surface area contributed by atoms with Crippen molar-refractivity contribution in [3.8, 4) is 23.0 Å². The van der Waals surface area contributed by atoms with Crippen molar-refractivity contribution in [3.63, 3.8) is 0 Å². The molecule has 0 aromatic heterocycles. The number of amides is 2. The van der Waals surface area contributed by atoms with Crippen LogP contribution < -0.4 is 29.4 Å². The fourth-order valence-corrected chi connectivity index (χ4v) is 9.41. The highest BCUT2D eigenvalue weighted by molar-refractivity contribution is 7.89. The summed E-state index contributed by atoms with van der Waals surface area (Å²) in [6.45, 7) is 4.20. The van der Waals surface area contributed by atoms with E-state index >= 15 is 0 Å². The normalized spacial score (nSPS) is 21.0. The van der Waals surface area contributed by atoms with E-state index in [2.05, 4.69) is 5.32 Å². The average molecular weight is 781 g/mol. The summed E-state index contributed by atoms with van der Waals surface area (Å²) in [4.78, 5) is 26.9. The predicted octanol–water partition coefficient (Wildman–Crippen LogP) is 2.75. The molecule has 0 unspecified atom stereocenters. The van der Waals surface area contributed by atoms with Gasteiger partial charge in [-0.2, -0.15) is 4.31 Å². The molecular weight excluding hydrogens is 735 g/mol. The van der Waals surface area contributed by atoms with E-state index in [1.165, 1.54) is 22.5 Å². The van der Waals surface area contributed by atoms with Gasteiger partial charge in [-0.15, -0.1) is 0 Å². The largest absolute Gasteiger partial charge is 0.530 e. The van der Waals surface area contributed by atoms with Gasteiger partial charge in [0.25, 0.3) is 5.91 Å². The summed E-state index contributed by atoms with van der Waals surface area (Å²) in [5, 5.41) is 28.1. The van der Waals surface area contributed by atoms with Gasteiger partial charge in [-0.1, -0.05) is 44.2 Å². The molecule has 2 fully saturated rings. The summed E-state index contributed by atoms with van der Waals surface area (Å²) in [6.07, 6.45) is -1.86. The van der Waals surface area contributed by atoms with E-state index in [9.17, 15) is 28.2 Å². The summed E-state index contributed by atoms with van der Waals surface area (Å²) in [6, 6.07) is 16.7. The van der Waals surface area contributed by atoms with Crippen molar-refractivity contribution in [2.24, 2.45) is 11.3 Å². The topological polar surface area (TPSA) is 185 Å². The third kappa shape index (κ3) is 8.63. The third-order valence-corrected chi connectivity index (χ3v) is 12.4. The molecule has 0 spiro atoms. The van der Waals surface area contributed by atoms with Crippen LogP contribution in [0.5, 0.6) is 23.0 Å². The number of aliphatic hydroxyl groups is 1. The minimum Gasteiger partial charge on any atom is -0.530 e. The lowest BCUT2D eigenvalue weighted by Gasteiger charge is -2.43. The Morgan fingerprint density at radius 2 is 1.64 bits per heavy atom. The van der Waals surface area contributed by atoms with Crippen LogP contribution in [0.4, 0.5) is 4.79 Å². The summed E-state index contributed by atoms with van der Waals surface area (Å²) in [5.74, 6) is 1.22. The zero-order valence-corrected chi connectivity index (χ0v) is 31.6. The van der Waals surface area contributed by atoms with Crippen molar-refractivity contribution < 1.29 is 56.6 Å². The van der Waals surface area contributed by atoms with Crippen molar-refractivity contribution in [2.75, 3.05) is 46.4 Å². The lowest BCUT2D eigenvalue weighted by Crippen LogP contribution is -2.61. The molecule has 55 heavy (non-hydrogen) atoms. The fourth-order valence-electron chi connectivity index (χ4n) is 7.75. The van der Waals surface area contributed by atoms with Crippen molar-refractivity contribution in [1.29, 1.82) is 0 Å². The van der Waals surface area contributed by atoms with Gasteiger partial charge in [0.2, 0.25) is 23.6 Å². The Morgan fingerprint density at radius 1 is 0.945 bits per heavy atom. The van der Waals surface area contributed by atoms with Crippen LogP contribution in [-0.2, 0) is 25.9 Å². The Kier molecular flexibility index (Phi) is 11.4. The van der Waals surface area contributed by atoms with Crippen molar-refractivity contribution in [1.82, 2.24) is 14.5 Å². The number of carboxylic acid groups (broad SMARTS) is 1. The fraction of sp³-hybridized carbons (Fsp3) is 0.487. The first-order valence-electron chi connectivity index (χ1n) is 18.4. The second-order valence-electron chi connectivity index (χ2n) is 15.0. The molecule has 4 heterocycles. The van der Waals surface area contributed by atoms with E-state index in [0.717, 1.165) is 10.5 Å². The van der Waals surface area contributed by atoms with E-state index in [1.54, 1.807) is 18.2 Å². The summed E-state index contributed by atoms with van der Waals surface area (Å²) in [7, 11) is -4.30. The van der Waals surface area contributed by atoms with E-state index in [0.29, 0.717) is 55.2 Å². The Hall–Kier alpha value is -4.61. The van der Waals surface area contributed by atoms with E-state index < -0.39 is 52.6 Å². The number of carbonyl (C=O) groups excluding carboxylic acids is 2. The smallest absolute Gasteiger partial charge is 0.251 e. The second-order valence-corrected chi connectivity index (χ2v) is 16.9. The molecule has 0 radical (unpaired) electrons. The first-order chi connectivity index (χ1) is 26.4. The van der Waals surface area contributed by atoms with E-state index in [4.69, 9.17) is 28.4 Å². The quantitative estimate of drug-likeness (QED) is 0.203. The molecular formula is C39H46N3O12S-. The van der Waals surface area contributed by atoms with Gasteiger partial charge >= 0.3 is 0 Å². The molecule has 2 amide bonds. The molecule has 296 valence electrons. The van der Waals surface area contributed by atoms with Crippen LogP contribution in [-0.4, -0.2) is 106 Å². The highest BCUT2D eigenvalue weighted by Gasteiger charge is 2.47. The number of carbonyl (C=O) groups is 2. The number of sulfonamides is 1. The summed E-state index contributed by atoms with van der Waals surface area (Å²) >= 11 is 0. The molecule has 0 saturated carbocycles. The molecule has 2 N–H and O–H groups in total. The van der Waals surface area contributed by atoms with E-state index in [-0.39, 0.29) is 55.6 Å². The molecule has 4 aliphatic rings. The zero-order chi connectivity index (χ0) is 38.7. The predicted molar refractivity (Wildman–Crippen MR) is 194 cm³/mol. The van der Waals surface area contributed by atoms with Gasteiger partial charge < -0.3 is 53.6 Å². The number of benzene rings is 3. The Morgan fingerprint density at radius 3 is 2.36 bits per heavy atom. The molecule has 5 atom stereocenters. The van der Waals surface area contributed by atoms with Crippen LogP contribution in [0.1, 0.15) is 49.0 Å². The van der Waals surface area contributed by atoms with Gasteiger partial charge in [0, 0.05) is 37.2 Å². The Bertz CT molecular complexity index is 1960. The molecule has 0 aliphatic carbocycles. The van der Waals surface area contributed by atoms with Crippen LogP contribution in [0.15, 0.2) is 71.6 Å². The Balaban J connectivity index is 1.11. The molecule has 0 bridgehead atoms. The molecule has 3 aromatic rings. The zero-order valence-electron chi connectivity index (χ0n) is 30.8. The summed E-state index contributed by atoms with van der Waals surface area (Å²) < 4.78 is 63.4. The monoisotopic (exact) mass is 780 g/mol.